The molecular weight excluding hydrogens is 360 g/mol. The summed E-state index contributed by atoms with van der Waals surface area (Å²) in [5.74, 6) is -0.0891. The van der Waals surface area contributed by atoms with E-state index in [4.69, 9.17) is 4.99 Å². The van der Waals surface area contributed by atoms with E-state index in [1.165, 1.54) is 0 Å². The average molecular weight is 381 g/mol. The van der Waals surface area contributed by atoms with E-state index in [0.717, 1.165) is 39.4 Å². The third kappa shape index (κ3) is 2.51. The summed E-state index contributed by atoms with van der Waals surface area (Å²) in [6.07, 6.45) is 3.99. The first-order valence-electron chi connectivity index (χ1n) is 9.58. The van der Waals surface area contributed by atoms with Crippen molar-refractivity contribution in [3.05, 3.63) is 84.4 Å². The zero-order valence-corrected chi connectivity index (χ0v) is 16.6. The highest BCUT2D eigenvalue weighted by atomic mass is 16.2. The second-order valence-electron chi connectivity index (χ2n) is 7.31. The van der Waals surface area contributed by atoms with Crippen LogP contribution in [0.15, 0.2) is 78.0 Å². The molecule has 142 valence electrons. The van der Waals surface area contributed by atoms with Crippen molar-refractivity contribution in [1.29, 1.82) is 0 Å². The maximum Gasteiger partial charge on any atom is 0.283 e. The highest BCUT2D eigenvalue weighted by Crippen LogP contribution is 2.40. The highest BCUT2D eigenvalue weighted by molar-refractivity contribution is 6.53. The molecule has 0 unspecified atom stereocenters. The summed E-state index contributed by atoms with van der Waals surface area (Å²) < 4.78 is 4.10. The molecule has 29 heavy (non-hydrogen) atoms. The number of fused-ring (bicyclic) bond motifs is 2. The van der Waals surface area contributed by atoms with Crippen molar-refractivity contribution in [1.82, 2.24) is 4.40 Å². The highest BCUT2D eigenvalue weighted by Gasteiger charge is 2.39. The third-order valence-electron chi connectivity index (χ3n) is 5.60. The van der Waals surface area contributed by atoms with Gasteiger partial charge in [0.05, 0.1) is 11.2 Å². The molecule has 0 N–H and O–H groups in total. The van der Waals surface area contributed by atoms with E-state index in [2.05, 4.69) is 23.5 Å². The van der Waals surface area contributed by atoms with Crippen LogP contribution in [0.2, 0.25) is 0 Å². The number of carbonyl (C=O) groups excluding carboxylic acids is 1. The smallest absolute Gasteiger partial charge is 0.283 e. The quantitative estimate of drug-likeness (QED) is 0.487. The van der Waals surface area contributed by atoms with Gasteiger partial charge in [-0.05, 0) is 30.7 Å². The Morgan fingerprint density at radius 2 is 1.72 bits per heavy atom. The van der Waals surface area contributed by atoms with Crippen molar-refractivity contribution >= 4 is 28.5 Å². The van der Waals surface area contributed by atoms with Gasteiger partial charge in [0.1, 0.15) is 12.7 Å². The van der Waals surface area contributed by atoms with Gasteiger partial charge in [0.2, 0.25) is 5.71 Å². The van der Waals surface area contributed by atoms with Crippen LogP contribution >= 0.6 is 0 Å². The van der Waals surface area contributed by atoms with E-state index < -0.39 is 0 Å². The Kier molecular flexibility index (Phi) is 3.84. The first kappa shape index (κ1) is 17.4. The molecule has 0 fully saturated rings. The standard InChI is InChI=1S/C24H21N4O/c1-16-20(17-10-5-4-6-11-17)21(18-12-7-8-15-28(16)18)25-22-23-19(27(3)24(22)29)13-9-14-26(23)2/h4-15H,1-3H3/q+1. The van der Waals surface area contributed by atoms with Crippen LogP contribution in [-0.4, -0.2) is 23.1 Å². The largest absolute Gasteiger partial charge is 0.318 e. The summed E-state index contributed by atoms with van der Waals surface area (Å²) in [6, 6.07) is 20.2. The van der Waals surface area contributed by atoms with Crippen LogP contribution in [0.4, 0.5) is 11.4 Å². The molecule has 3 aromatic heterocycles. The average Bonchev–Trinajstić information content (AvgIpc) is 3.16. The van der Waals surface area contributed by atoms with Crippen molar-refractivity contribution in [3.63, 3.8) is 0 Å². The van der Waals surface area contributed by atoms with Gasteiger partial charge in [0, 0.05) is 30.6 Å². The number of aryl methyl sites for hydroxylation is 2. The Hall–Kier alpha value is -3.73. The van der Waals surface area contributed by atoms with E-state index in [0.29, 0.717) is 5.71 Å². The van der Waals surface area contributed by atoms with Crippen LogP contribution in [0.3, 0.4) is 0 Å². The number of nitrogens with zero attached hydrogens (tertiary/aromatic N) is 4. The molecule has 0 radical (unpaired) electrons. The fourth-order valence-corrected chi connectivity index (χ4v) is 4.15. The number of benzene rings is 1. The molecule has 0 spiro atoms. The molecule has 5 heteroatoms. The zero-order chi connectivity index (χ0) is 20.1. The topological polar surface area (TPSA) is 41.0 Å². The molecule has 0 bridgehead atoms. The van der Waals surface area contributed by atoms with Crippen molar-refractivity contribution in [2.45, 2.75) is 6.92 Å². The van der Waals surface area contributed by atoms with Crippen LogP contribution in [0.25, 0.3) is 16.6 Å². The third-order valence-corrected chi connectivity index (χ3v) is 5.60. The van der Waals surface area contributed by atoms with Gasteiger partial charge in [-0.1, -0.05) is 36.4 Å². The van der Waals surface area contributed by atoms with Gasteiger partial charge in [-0.2, -0.15) is 4.57 Å². The van der Waals surface area contributed by atoms with E-state index in [-0.39, 0.29) is 5.91 Å². The van der Waals surface area contributed by atoms with Crippen molar-refractivity contribution < 1.29 is 9.36 Å². The Bertz CT molecular complexity index is 1300. The lowest BCUT2D eigenvalue weighted by atomic mass is 10.0. The SMILES string of the molecule is Cc1c(-c2ccccc2)c(/N=C2\C(=O)N(C)c3ccc[n+](C)c32)c2ccccn12. The minimum absolute atomic E-state index is 0.0891. The molecule has 1 aliphatic rings. The second-order valence-corrected chi connectivity index (χ2v) is 7.31. The van der Waals surface area contributed by atoms with Gasteiger partial charge in [0.15, 0.2) is 6.20 Å². The number of likely N-dealkylation sites (N-methyl/N-ethyl adjacent to an activating group) is 1. The Morgan fingerprint density at radius 1 is 0.966 bits per heavy atom. The fourth-order valence-electron chi connectivity index (χ4n) is 4.15. The van der Waals surface area contributed by atoms with Gasteiger partial charge >= 0.3 is 0 Å². The summed E-state index contributed by atoms with van der Waals surface area (Å²) >= 11 is 0. The molecule has 0 saturated carbocycles. The molecule has 1 aromatic carbocycles. The number of hydrogen-bond acceptors (Lipinski definition) is 2. The van der Waals surface area contributed by atoms with Crippen LogP contribution in [0, 0.1) is 6.92 Å². The molecule has 0 saturated heterocycles. The van der Waals surface area contributed by atoms with Gasteiger partial charge in [-0.3, -0.25) is 4.79 Å². The minimum Gasteiger partial charge on any atom is -0.318 e. The summed E-state index contributed by atoms with van der Waals surface area (Å²) in [7, 11) is 3.74. The lowest BCUT2D eigenvalue weighted by molar-refractivity contribution is -0.671. The Morgan fingerprint density at radius 3 is 2.52 bits per heavy atom. The number of amides is 1. The molecule has 1 aliphatic heterocycles. The summed E-state index contributed by atoms with van der Waals surface area (Å²) in [6.45, 7) is 2.09. The molecule has 0 aliphatic carbocycles. The lowest BCUT2D eigenvalue weighted by Crippen LogP contribution is -2.35. The van der Waals surface area contributed by atoms with E-state index in [9.17, 15) is 4.79 Å². The number of anilines is 1. The first-order valence-corrected chi connectivity index (χ1v) is 9.58. The monoisotopic (exact) mass is 381 g/mol. The predicted octanol–water partition coefficient (Wildman–Crippen LogP) is 3.84. The maximum atomic E-state index is 13.1. The van der Waals surface area contributed by atoms with E-state index >= 15 is 0 Å². The number of rotatable bonds is 2. The fraction of sp³-hybridized carbons (Fsp3) is 0.125. The summed E-state index contributed by atoms with van der Waals surface area (Å²) in [4.78, 5) is 19.8. The van der Waals surface area contributed by atoms with Crippen molar-refractivity contribution in [2.75, 3.05) is 11.9 Å². The van der Waals surface area contributed by atoms with Crippen LogP contribution in [-0.2, 0) is 11.8 Å². The predicted molar refractivity (Wildman–Crippen MR) is 115 cm³/mol. The van der Waals surface area contributed by atoms with Gasteiger partial charge in [-0.25, -0.2) is 4.99 Å². The van der Waals surface area contributed by atoms with Gasteiger partial charge < -0.3 is 9.30 Å². The second kappa shape index (κ2) is 6.41. The van der Waals surface area contributed by atoms with Crippen LogP contribution in [0.5, 0.6) is 0 Å². The first-order chi connectivity index (χ1) is 14.1. The van der Waals surface area contributed by atoms with Crippen LogP contribution < -0.4 is 9.47 Å². The Labute approximate surface area is 169 Å². The molecule has 5 nitrogen and oxygen atoms in total. The lowest BCUT2D eigenvalue weighted by Gasteiger charge is -2.06. The molecular formula is C24H21N4O+. The number of hydrogen-bond donors (Lipinski definition) is 0. The Balaban J connectivity index is 1.85. The number of pyridine rings is 2. The molecule has 4 heterocycles. The van der Waals surface area contributed by atoms with E-state index in [1.807, 2.05) is 72.5 Å². The zero-order valence-electron chi connectivity index (χ0n) is 16.6. The summed E-state index contributed by atoms with van der Waals surface area (Å²) in [5.41, 5.74) is 7.23. The van der Waals surface area contributed by atoms with Crippen molar-refractivity contribution in [3.8, 4) is 11.1 Å². The van der Waals surface area contributed by atoms with Crippen LogP contribution in [0.1, 0.15) is 11.4 Å². The number of carbonyl (C=O) groups is 1. The van der Waals surface area contributed by atoms with E-state index in [1.54, 1.807) is 11.9 Å². The van der Waals surface area contributed by atoms with Crippen molar-refractivity contribution in [2.24, 2.45) is 12.0 Å². The number of aromatic nitrogens is 2. The molecule has 0 atom stereocenters. The molecule has 4 aromatic rings. The maximum absolute atomic E-state index is 13.1. The van der Waals surface area contributed by atoms with Gasteiger partial charge in [-0.15, -0.1) is 0 Å². The van der Waals surface area contributed by atoms with Gasteiger partial charge in [0.25, 0.3) is 11.6 Å². The molecule has 1 amide bonds. The normalized spacial score (nSPS) is 14.8. The summed E-state index contributed by atoms with van der Waals surface area (Å²) in [5, 5.41) is 0. The minimum atomic E-state index is -0.0891. The molecule has 5 rings (SSSR count). The number of aliphatic imine (C=N–C) groups is 1.